The Bertz CT molecular complexity index is 1240. The molecule has 172 valence electrons. The number of esters is 1. The van der Waals surface area contributed by atoms with Gasteiger partial charge in [-0.05, 0) is 62.7 Å². The van der Waals surface area contributed by atoms with Gasteiger partial charge in [-0.15, -0.1) is 5.10 Å². The van der Waals surface area contributed by atoms with E-state index in [1.165, 1.54) is 15.9 Å². The second kappa shape index (κ2) is 9.17. The van der Waals surface area contributed by atoms with Crippen LogP contribution in [0.1, 0.15) is 36.2 Å². The lowest BCUT2D eigenvalue weighted by Gasteiger charge is -2.36. The highest BCUT2D eigenvalue weighted by atomic mass is 35.5. The summed E-state index contributed by atoms with van der Waals surface area (Å²) in [5.74, 6) is 0.785. The average molecular weight is 487 g/mol. The molecule has 0 saturated carbocycles. The number of nitrogens with zero attached hydrogens (tertiary/aromatic N) is 4. The van der Waals surface area contributed by atoms with Gasteiger partial charge in [0, 0.05) is 5.02 Å². The average Bonchev–Trinajstić information content (AvgIpc) is 3.55. The number of carbonyl (C=O) groups excluding carboxylic acids is 1. The van der Waals surface area contributed by atoms with E-state index < -0.39 is 0 Å². The SMILES string of the molecule is CCOC(=O)C1CCN(C(c2ccc(Cl)cc2)c2sc3nc(-c4ccco4)nn3c2O)CC1. The summed E-state index contributed by atoms with van der Waals surface area (Å²) in [5.41, 5.74) is 1.00. The normalized spacial score (nSPS) is 16.3. The molecule has 10 heteroatoms. The number of piperidine rings is 1. The van der Waals surface area contributed by atoms with Crippen LogP contribution >= 0.6 is 22.9 Å². The second-order valence-electron chi connectivity index (χ2n) is 7.91. The van der Waals surface area contributed by atoms with Crippen LogP contribution in [0.5, 0.6) is 5.88 Å². The van der Waals surface area contributed by atoms with Crippen molar-refractivity contribution in [2.75, 3.05) is 19.7 Å². The van der Waals surface area contributed by atoms with Crippen LogP contribution in [0.2, 0.25) is 5.02 Å². The van der Waals surface area contributed by atoms with Gasteiger partial charge in [0.15, 0.2) is 5.76 Å². The third kappa shape index (κ3) is 4.23. The molecule has 4 aromatic rings. The maximum atomic E-state index is 12.2. The molecule has 1 aliphatic heterocycles. The lowest BCUT2D eigenvalue weighted by Crippen LogP contribution is -2.39. The molecular weight excluding hydrogens is 464 g/mol. The number of fused-ring (bicyclic) bond motifs is 1. The summed E-state index contributed by atoms with van der Waals surface area (Å²) in [4.78, 5) is 20.3. The standard InChI is InChI=1S/C23H23ClN4O4S/c1-2-31-22(30)15-9-11-27(12-10-15)18(14-5-7-16(24)8-6-14)19-21(29)28-23(33-19)25-20(26-28)17-4-3-13-32-17/h3-8,13,15,18,29H,2,9-12H2,1H3. The van der Waals surface area contributed by atoms with Crippen LogP contribution in [-0.2, 0) is 9.53 Å². The van der Waals surface area contributed by atoms with Crippen LogP contribution in [-0.4, -0.2) is 50.3 Å². The summed E-state index contributed by atoms with van der Waals surface area (Å²) >= 11 is 7.52. The van der Waals surface area contributed by atoms with Gasteiger partial charge in [0.25, 0.3) is 0 Å². The van der Waals surface area contributed by atoms with Gasteiger partial charge in [0.2, 0.25) is 16.7 Å². The minimum Gasteiger partial charge on any atom is -0.492 e. The largest absolute Gasteiger partial charge is 0.492 e. The number of halogens is 1. The van der Waals surface area contributed by atoms with E-state index >= 15 is 0 Å². The van der Waals surface area contributed by atoms with Crippen LogP contribution < -0.4 is 0 Å². The Hall–Kier alpha value is -2.88. The molecule has 1 aliphatic rings. The second-order valence-corrected chi connectivity index (χ2v) is 9.36. The first-order chi connectivity index (χ1) is 16.0. The molecule has 8 nitrogen and oxygen atoms in total. The van der Waals surface area contributed by atoms with Crippen molar-refractivity contribution in [3.63, 3.8) is 0 Å². The molecule has 5 rings (SSSR count). The number of ether oxygens (including phenoxy) is 1. The zero-order valence-corrected chi connectivity index (χ0v) is 19.6. The van der Waals surface area contributed by atoms with Crippen molar-refractivity contribution in [2.24, 2.45) is 5.92 Å². The van der Waals surface area contributed by atoms with E-state index in [0.29, 0.717) is 54.1 Å². The number of aromatic hydroxyl groups is 1. The smallest absolute Gasteiger partial charge is 0.309 e. The molecular formula is C23H23ClN4O4S. The molecule has 1 N–H and O–H groups in total. The van der Waals surface area contributed by atoms with Crippen molar-refractivity contribution in [2.45, 2.75) is 25.8 Å². The molecule has 0 amide bonds. The summed E-state index contributed by atoms with van der Waals surface area (Å²) in [6.07, 6.45) is 2.96. The van der Waals surface area contributed by atoms with Gasteiger partial charge in [0.1, 0.15) is 0 Å². The van der Waals surface area contributed by atoms with Crippen molar-refractivity contribution >= 4 is 33.9 Å². The number of hydrogen-bond acceptors (Lipinski definition) is 8. The molecule has 1 saturated heterocycles. The number of carbonyl (C=O) groups is 1. The van der Waals surface area contributed by atoms with Gasteiger partial charge in [0.05, 0.1) is 29.7 Å². The monoisotopic (exact) mass is 486 g/mol. The summed E-state index contributed by atoms with van der Waals surface area (Å²) in [5, 5.41) is 16.2. The summed E-state index contributed by atoms with van der Waals surface area (Å²) in [6, 6.07) is 11.0. The Balaban J connectivity index is 1.48. The Morgan fingerprint density at radius 3 is 2.70 bits per heavy atom. The number of aromatic nitrogens is 3. The van der Waals surface area contributed by atoms with Crippen molar-refractivity contribution in [3.05, 3.63) is 58.1 Å². The summed E-state index contributed by atoms with van der Waals surface area (Å²) < 4.78 is 12.0. The molecule has 4 heterocycles. The van der Waals surface area contributed by atoms with Crippen molar-refractivity contribution in [1.82, 2.24) is 19.5 Å². The van der Waals surface area contributed by atoms with E-state index in [0.717, 1.165) is 10.4 Å². The van der Waals surface area contributed by atoms with Crippen LogP contribution in [0, 0.1) is 5.92 Å². The lowest BCUT2D eigenvalue weighted by molar-refractivity contribution is -0.149. The summed E-state index contributed by atoms with van der Waals surface area (Å²) in [7, 11) is 0. The summed E-state index contributed by atoms with van der Waals surface area (Å²) in [6.45, 7) is 3.61. The highest BCUT2D eigenvalue weighted by molar-refractivity contribution is 7.17. The first-order valence-electron chi connectivity index (χ1n) is 10.8. The van der Waals surface area contributed by atoms with Crippen LogP contribution in [0.25, 0.3) is 16.5 Å². The van der Waals surface area contributed by atoms with E-state index in [4.69, 9.17) is 20.8 Å². The predicted octanol–water partition coefficient (Wildman–Crippen LogP) is 4.77. The number of hydrogen-bond donors (Lipinski definition) is 1. The quantitative estimate of drug-likeness (QED) is 0.392. The number of benzene rings is 1. The first-order valence-corrected chi connectivity index (χ1v) is 12.0. The van der Waals surface area contributed by atoms with E-state index in [2.05, 4.69) is 15.0 Å². The van der Waals surface area contributed by atoms with Gasteiger partial charge >= 0.3 is 5.97 Å². The Labute approximate surface area is 199 Å². The minimum atomic E-state index is -0.217. The first kappa shape index (κ1) is 21.9. The van der Waals surface area contributed by atoms with Crippen LogP contribution in [0.15, 0.2) is 47.1 Å². The highest BCUT2D eigenvalue weighted by Crippen LogP contribution is 2.42. The number of likely N-dealkylation sites (tertiary alicyclic amines) is 1. The molecule has 0 radical (unpaired) electrons. The molecule has 1 aromatic carbocycles. The van der Waals surface area contributed by atoms with E-state index in [9.17, 15) is 9.90 Å². The van der Waals surface area contributed by atoms with E-state index in [1.54, 1.807) is 18.4 Å². The number of rotatable bonds is 6. The van der Waals surface area contributed by atoms with E-state index in [-0.39, 0.29) is 23.8 Å². The predicted molar refractivity (Wildman–Crippen MR) is 124 cm³/mol. The zero-order valence-electron chi connectivity index (χ0n) is 18.0. The highest BCUT2D eigenvalue weighted by Gasteiger charge is 2.34. The Morgan fingerprint density at radius 2 is 2.06 bits per heavy atom. The maximum Gasteiger partial charge on any atom is 0.309 e. The van der Waals surface area contributed by atoms with Gasteiger partial charge < -0.3 is 14.3 Å². The molecule has 0 spiro atoms. The van der Waals surface area contributed by atoms with Gasteiger partial charge in [-0.3, -0.25) is 9.69 Å². The molecule has 3 aromatic heterocycles. The zero-order chi connectivity index (χ0) is 22.9. The molecule has 33 heavy (non-hydrogen) atoms. The van der Waals surface area contributed by atoms with E-state index in [1.807, 2.05) is 31.2 Å². The van der Waals surface area contributed by atoms with Gasteiger partial charge in [-0.1, -0.05) is 35.1 Å². The Morgan fingerprint density at radius 1 is 1.30 bits per heavy atom. The fourth-order valence-electron chi connectivity index (χ4n) is 4.27. The fraction of sp³-hybridized carbons (Fsp3) is 0.348. The third-order valence-corrected chi connectivity index (χ3v) is 7.21. The number of furan rings is 1. The van der Waals surface area contributed by atoms with Gasteiger partial charge in [-0.25, -0.2) is 0 Å². The molecule has 1 unspecified atom stereocenters. The maximum absolute atomic E-state index is 12.2. The molecule has 1 atom stereocenters. The third-order valence-electron chi connectivity index (χ3n) is 5.89. The molecule has 1 fully saturated rings. The van der Waals surface area contributed by atoms with Crippen molar-refractivity contribution in [3.8, 4) is 17.5 Å². The van der Waals surface area contributed by atoms with Gasteiger partial charge in [-0.2, -0.15) is 9.50 Å². The topological polar surface area (TPSA) is 93.1 Å². The fourth-order valence-corrected chi connectivity index (χ4v) is 5.51. The molecule has 0 bridgehead atoms. The van der Waals surface area contributed by atoms with Crippen molar-refractivity contribution in [1.29, 1.82) is 0 Å². The molecule has 0 aliphatic carbocycles. The lowest BCUT2D eigenvalue weighted by atomic mass is 9.93. The number of thiazole rings is 1. The Kier molecular flexibility index (Phi) is 6.09. The minimum absolute atomic E-state index is 0.0489. The van der Waals surface area contributed by atoms with Crippen LogP contribution in [0.3, 0.4) is 0 Å². The van der Waals surface area contributed by atoms with Crippen molar-refractivity contribution < 1.29 is 19.1 Å². The van der Waals surface area contributed by atoms with Crippen LogP contribution in [0.4, 0.5) is 0 Å².